The number of rotatable bonds is 4. The number of aromatic nitrogens is 2. The topological polar surface area (TPSA) is 25.8 Å². The first kappa shape index (κ1) is 27.5. The Balaban J connectivity index is 1.22. The molecule has 0 unspecified atom stereocenters. The second kappa shape index (κ2) is 10.6. The van der Waals surface area contributed by atoms with Crippen LogP contribution in [0.15, 0.2) is 158 Å². The van der Waals surface area contributed by atoms with Gasteiger partial charge in [0.25, 0.3) is 0 Å². The van der Waals surface area contributed by atoms with E-state index in [-0.39, 0.29) is 5.41 Å². The minimum Gasteiger partial charge on any atom is -0.228 e. The highest BCUT2D eigenvalue weighted by Gasteiger charge is 2.38. The predicted octanol–water partition coefficient (Wildman–Crippen LogP) is 11.8. The molecule has 0 saturated heterocycles. The molecule has 0 N–H and O–H groups in total. The van der Waals surface area contributed by atoms with Gasteiger partial charge < -0.3 is 0 Å². The maximum absolute atomic E-state index is 5.25. The molecule has 0 amide bonds. The molecule has 8 aromatic rings. The van der Waals surface area contributed by atoms with E-state index >= 15 is 0 Å². The molecule has 2 nitrogen and oxygen atoms in total. The molecule has 2 heteroatoms. The molecule has 0 saturated carbocycles. The molecule has 0 spiro atoms. The van der Waals surface area contributed by atoms with Crippen molar-refractivity contribution in [3.05, 3.63) is 169 Å². The Kier molecular flexibility index (Phi) is 6.20. The summed E-state index contributed by atoms with van der Waals surface area (Å²) in [6, 6.07) is 56.4. The molecule has 222 valence electrons. The number of benzene rings is 7. The van der Waals surface area contributed by atoms with Crippen molar-refractivity contribution in [3.8, 4) is 56.2 Å². The molecule has 0 atom stereocenters. The van der Waals surface area contributed by atoms with E-state index in [1.165, 1.54) is 54.9 Å². The Morgan fingerprint density at radius 2 is 1.04 bits per heavy atom. The van der Waals surface area contributed by atoms with E-state index in [4.69, 9.17) is 9.97 Å². The minimum absolute atomic E-state index is 0.142. The highest BCUT2D eigenvalue weighted by atomic mass is 14.9. The van der Waals surface area contributed by atoms with Gasteiger partial charge in [0.15, 0.2) is 5.82 Å². The van der Waals surface area contributed by atoms with Gasteiger partial charge in [-0.25, -0.2) is 9.97 Å². The molecule has 9 rings (SSSR count). The van der Waals surface area contributed by atoms with Crippen molar-refractivity contribution >= 4 is 21.5 Å². The maximum atomic E-state index is 5.25. The molecule has 0 radical (unpaired) electrons. The predicted molar refractivity (Wildman–Crippen MR) is 196 cm³/mol. The van der Waals surface area contributed by atoms with Gasteiger partial charge in [-0.2, -0.15) is 0 Å². The number of nitrogens with zero attached hydrogens (tertiary/aromatic N) is 2. The lowest BCUT2D eigenvalue weighted by molar-refractivity contribution is 0.666. The first-order valence-electron chi connectivity index (χ1n) is 16.3. The zero-order valence-electron chi connectivity index (χ0n) is 26.4. The normalized spacial score (nSPS) is 13.1. The molecule has 7 aromatic carbocycles. The van der Waals surface area contributed by atoms with Gasteiger partial charge in [0.2, 0.25) is 0 Å². The fourth-order valence-electron chi connectivity index (χ4n) is 7.61. The van der Waals surface area contributed by atoms with Gasteiger partial charge in [0, 0.05) is 22.1 Å². The first-order valence-corrected chi connectivity index (χ1v) is 16.3. The second-order valence-corrected chi connectivity index (χ2v) is 13.0. The Hall–Kier alpha value is -5.86. The van der Waals surface area contributed by atoms with Gasteiger partial charge in [0.05, 0.1) is 11.4 Å². The van der Waals surface area contributed by atoms with Crippen molar-refractivity contribution in [1.29, 1.82) is 0 Å². The zero-order chi connectivity index (χ0) is 31.5. The molecule has 1 heterocycles. The zero-order valence-corrected chi connectivity index (χ0v) is 26.4. The number of fused-ring (bicyclic) bond motifs is 6. The van der Waals surface area contributed by atoms with Gasteiger partial charge in [-0.1, -0.05) is 166 Å². The number of hydrogen-bond acceptors (Lipinski definition) is 2. The minimum atomic E-state index is -0.142. The van der Waals surface area contributed by atoms with E-state index < -0.39 is 0 Å². The SMILES string of the molecule is CC1(C)c2cccc(-c3cc(-c4ccc(-c5cccc6ccccc56)cc4)nc(-c4ccccc4)n3)c2-c2ccc3ccccc3c21. The highest BCUT2D eigenvalue weighted by molar-refractivity contribution is 6.01. The summed E-state index contributed by atoms with van der Waals surface area (Å²) in [5.41, 5.74) is 12.6. The van der Waals surface area contributed by atoms with Crippen LogP contribution < -0.4 is 0 Å². The lowest BCUT2D eigenvalue weighted by atomic mass is 9.80. The van der Waals surface area contributed by atoms with E-state index in [1.54, 1.807) is 0 Å². The van der Waals surface area contributed by atoms with Gasteiger partial charge >= 0.3 is 0 Å². The van der Waals surface area contributed by atoms with Crippen molar-refractivity contribution < 1.29 is 0 Å². The summed E-state index contributed by atoms with van der Waals surface area (Å²) >= 11 is 0. The number of hydrogen-bond donors (Lipinski definition) is 0. The van der Waals surface area contributed by atoms with E-state index in [2.05, 4.69) is 153 Å². The van der Waals surface area contributed by atoms with Crippen molar-refractivity contribution in [2.45, 2.75) is 19.3 Å². The van der Waals surface area contributed by atoms with Crippen molar-refractivity contribution in [3.63, 3.8) is 0 Å². The second-order valence-electron chi connectivity index (χ2n) is 13.0. The van der Waals surface area contributed by atoms with Crippen LogP contribution in [0.25, 0.3) is 77.7 Å². The van der Waals surface area contributed by atoms with Crippen LogP contribution in [0.3, 0.4) is 0 Å². The summed E-state index contributed by atoms with van der Waals surface area (Å²) in [5, 5.41) is 5.09. The molecule has 0 fully saturated rings. The first-order chi connectivity index (χ1) is 23.1. The Bertz CT molecular complexity index is 2470. The largest absolute Gasteiger partial charge is 0.228 e. The van der Waals surface area contributed by atoms with Crippen molar-refractivity contribution in [2.75, 3.05) is 0 Å². The molecule has 1 aliphatic rings. The van der Waals surface area contributed by atoms with Gasteiger partial charge in [-0.05, 0) is 61.0 Å². The van der Waals surface area contributed by atoms with Gasteiger partial charge in [0.1, 0.15) is 0 Å². The lowest BCUT2D eigenvalue weighted by Crippen LogP contribution is -2.15. The van der Waals surface area contributed by atoms with Crippen molar-refractivity contribution in [1.82, 2.24) is 9.97 Å². The third-order valence-corrected chi connectivity index (χ3v) is 9.88. The molecule has 0 bridgehead atoms. The highest BCUT2D eigenvalue weighted by Crippen LogP contribution is 2.54. The maximum Gasteiger partial charge on any atom is 0.160 e. The Morgan fingerprint density at radius 1 is 0.426 bits per heavy atom. The summed E-state index contributed by atoms with van der Waals surface area (Å²) in [7, 11) is 0. The van der Waals surface area contributed by atoms with Crippen LogP contribution >= 0.6 is 0 Å². The molecule has 1 aliphatic carbocycles. The van der Waals surface area contributed by atoms with Crippen LogP contribution in [-0.2, 0) is 5.41 Å². The average Bonchev–Trinajstić information content (AvgIpc) is 3.38. The smallest absolute Gasteiger partial charge is 0.160 e. The van der Waals surface area contributed by atoms with Crippen LogP contribution in [0.5, 0.6) is 0 Å². The molecule has 47 heavy (non-hydrogen) atoms. The Labute approximate surface area is 275 Å². The Morgan fingerprint density at radius 3 is 1.85 bits per heavy atom. The van der Waals surface area contributed by atoms with Crippen LogP contribution in [0.2, 0.25) is 0 Å². The summed E-state index contributed by atoms with van der Waals surface area (Å²) in [4.78, 5) is 10.4. The third kappa shape index (κ3) is 4.40. The van der Waals surface area contributed by atoms with Crippen LogP contribution in [0.1, 0.15) is 25.0 Å². The van der Waals surface area contributed by atoms with Crippen LogP contribution in [0.4, 0.5) is 0 Å². The molecule has 1 aromatic heterocycles. The van der Waals surface area contributed by atoms with E-state index in [1.807, 2.05) is 18.2 Å². The standard InChI is InChI=1S/C45H32N2/c1-45(2)39-21-11-20-37(42(39)38-27-26-30-13-7-9-18-36(30)43(38)45)41-28-40(46-44(47-41)33-14-4-3-5-15-33)32-24-22-31(23-25-32)35-19-10-16-29-12-6-8-17-34(29)35/h3-28H,1-2H3. The fraction of sp³-hybridized carbons (Fsp3) is 0.0667. The monoisotopic (exact) mass is 600 g/mol. The van der Waals surface area contributed by atoms with Gasteiger partial charge in [-0.3, -0.25) is 0 Å². The van der Waals surface area contributed by atoms with E-state index in [0.717, 1.165) is 33.9 Å². The van der Waals surface area contributed by atoms with E-state index in [9.17, 15) is 0 Å². The third-order valence-electron chi connectivity index (χ3n) is 9.88. The fourth-order valence-corrected chi connectivity index (χ4v) is 7.61. The lowest BCUT2D eigenvalue weighted by Gasteiger charge is -2.23. The quantitative estimate of drug-likeness (QED) is 0.201. The average molecular weight is 601 g/mol. The molecular formula is C45H32N2. The molecule has 0 aliphatic heterocycles. The summed E-state index contributed by atoms with van der Waals surface area (Å²) in [6.45, 7) is 4.71. The summed E-state index contributed by atoms with van der Waals surface area (Å²) in [5.74, 6) is 0.727. The summed E-state index contributed by atoms with van der Waals surface area (Å²) in [6.07, 6.45) is 0. The molecular weight excluding hydrogens is 569 g/mol. The van der Waals surface area contributed by atoms with Crippen molar-refractivity contribution in [2.24, 2.45) is 0 Å². The van der Waals surface area contributed by atoms with Crippen LogP contribution in [-0.4, -0.2) is 9.97 Å². The van der Waals surface area contributed by atoms with Crippen LogP contribution in [0, 0.1) is 0 Å². The summed E-state index contributed by atoms with van der Waals surface area (Å²) < 4.78 is 0. The van der Waals surface area contributed by atoms with E-state index in [0.29, 0.717) is 0 Å². The van der Waals surface area contributed by atoms with Gasteiger partial charge in [-0.15, -0.1) is 0 Å².